The molecule has 4 rings (SSSR count). The van der Waals surface area contributed by atoms with Gasteiger partial charge in [-0.05, 0) is 24.3 Å². The topological polar surface area (TPSA) is 106 Å². The van der Waals surface area contributed by atoms with Gasteiger partial charge in [-0.15, -0.1) is 0 Å². The van der Waals surface area contributed by atoms with E-state index in [-0.39, 0.29) is 11.8 Å². The molecule has 1 fully saturated rings. The lowest BCUT2D eigenvalue weighted by Crippen LogP contribution is -2.50. The molecule has 0 aliphatic carbocycles. The molecular formula is C23H24N4O4. The van der Waals surface area contributed by atoms with Crippen LogP contribution in [-0.4, -0.2) is 63.9 Å². The van der Waals surface area contributed by atoms with Gasteiger partial charge in [0.15, 0.2) is 0 Å². The summed E-state index contributed by atoms with van der Waals surface area (Å²) in [6.07, 6.45) is 1.71. The van der Waals surface area contributed by atoms with Crippen LogP contribution in [0, 0.1) is 0 Å². The Morgan fingerprint density at radius 1 is 1.03 bits per heavy atom. The van der Waals surface area contributed by atoms with Crippen LogP contribution < -0.4 is 5.32 Å². The third-order valence-corrected chi connectivity index (χ3v) is 5.66. The lowest BCUT2D eigenvalue weighted by atomic mass is 10.0. The number of carbonyl (C=O) groups excluding carboxylic acids is 2. The molecule has 0 bridgehead atoms. The van der Waals surface area contributed by atoms with Crippen LogP contribution in [0.5, 0.6) is 0 Å². The van der Waals surface area contributed by atoms with Gasteiger partial charge in [0, 0.05) is 67.0 Å². The number of H-pyrrole nitrogens is 1. The Kier molecular flexibility index (Phi) is 5.73. The van der Waals surface area contributed by atoms with Crippen molar-refractivity contribution in [3.05, 3.63) is 65.9 Å². The van der Waals surface area contributed by atoms with Crippen LogP contribution in [0.4, 0.5) is 5.69 Å². The van der Waals surface area contributed by atoms with Crippen molar-refractivity contribution in [2.75, 3.05) is 31.5 Å². The van der Waals surface area contributed by atoms with Crippen LogP contribution in [-0.2, 0) is 9.59 Å². The third-order valence-electron chi connectivity index (χ3n) is 5.66. The molecule has 160 valence electrons. The fourth-order valence-corrected chi connectivity index (χ4v) is 4.03. The molecule has 0 radical (unpaired) electrons. The fraction of sp³-hybridized carbons (Fsp3) is 0.261. The number of nitrogens with zero attached hydrogens (tertiary/aromatic N) is 2. The molecule has 3 aromatic rings. The summed E-state index contributed by atoms with van der Waals surface area (Å²) in [5, 5.41) is 13.6. The zero-order valence-electron chi connectivity index (χ0n) is 17.2. The Bertz CT molecular complexity index is 1120. The first-order valence-corrected chi connectivity index (χ1v) is 10.1. The Labute approximate surface area is 179 Å². The molecule has 2 heterocycles. The number of hydrogen-bond acceptors (Lipinski definition) is 4. The summed E-state index contributed by atoms with van der Waals surface area (Å²) in [4.78, 5) is 42.9. The van der Waals surface area contributed by atoms with Gasteiger partial charge in [0.05, 0.1) is 0 Å². The van der Waals surface area contributed by atoms with Crippen molar-refractivity contribution < 1.29 is 19.5 Å². The maximum absolute atomic E-state index is 12.4. The molecular weight excluding hydrogens is 396 g/mol. The highest BCUT2D eigenvalue weighted by molar-refractivity contribution is 6.05. The highest BCUT2D eigenvalue weighted by atomic mass is 16.4. The van der Waals surface area contributed by atoms with E-state index in [1.807, 2.05) is 17.0 Å². The van der Waals surface area contributed by atoms with E-state index in [0.29, 0.717) is 43.0 Å². The number of hydrogen-bond donors (Lipinski definition) is 3. The zero-order valence-corrected chi connectivity index (χ0v) is 17.2. The minimum Gasteiger partial charge on any atom is -0.480 e. The summed E-state index contributed by atoms with van der Waals surface area (Å²) in [5.41, 5.74) is 2.59. The molecule has 1 aliphatic rings. The molecule has 8 nitrogen and oxygen atoms in total. The second kappa shape index (κ2) is 8.61. The van der Waals surface area contributed by atoms with Crippen molar-refractivity contribution in [2.45, 2.75) is 13.0 Å². The average molecular weight is 420 g/mol. The first-order chi connectivity index (χ1) is 14.9. The lowest BCUT2D eigenvalue weighted by molar-refractivity contribution is -0.144. The third kappa shape index (κ3) is 4.29. The number of piperazine rings is 1. The van der Waals surface area contributed by atoms with E-state index < -0.39 is 12.0 Å². The van der Waals surface area contributed by atoms with Crippen LogP contribution in [0.2, 0.25) is 0 Å². The number of carboxylic acid groups (broad SMARTS) is 1. The zero-order chi connectivity index (χ0) is 22.0. The predicted molar refractivity (Wildman–Crippen MR) is 117 cm³/mol. The summed E-state index contributed by atoms with van der Waals surface area (Å²) in [6.45, 7) is 3.54. The van der Waals surface area contributed by atoms with E-state index in [9.17, 15) is 19.5 Å². The van der Waals surface area contributed by atoms with Gasteiger partial charge < -0.3 is 20.3 Å². The summed E-state index contributed by atoms with van der Waals surface area (Å²) < 4.78 is 0. The Morgan fingerprint density at radius 2 is 1.74 bits per heavy atom. The molecule has 8 heteroatoms. The summed E-state index contributed by atoms with van der Waals surface area (Å²) in [7, 11) is 0. The maximum Gasteiger partial charge on any atom is 0.325 e. The van der Waals surface area contributed by atoms with Gasteiger partial charge in [0.25, 0.3) is 5.91 Å². The van der Waals surface area contributed by atoms with Crippen molar-refractivity contribution in [3.8, 4) is 0 Å². The number of benzene rings is 2. The van der Waals surface area contributed by atoms with Crippen molar-refractivity contribution in [2.24, 2.45) is 0 Å². The number of nitrogens with one attached hydrogen (secondary N) is 2. The van der Waals surface area contributed by atoms with E-state index in [1.165, 1.54) is 6.92 Å². The van der Waals surface area contributed by atoms with E-state index in [4.69, 9.17) is 0 Å². The highest BCUT2D eigenvalue weighted by Gasteiger charge is 2.32. The first kappa shape index (κ1) is 20.6. The molecule has 1 atom stereocenters. The number of aromatic nitrogens is 1. The normalized spacial score (nSPS) is 15.6. The molecule has 1 saturated heterocycles. The highest BCUT2D eigenvalue weighted by Crippen LogP contribution is 2.31. The van der Waals surface area contributed by atoms with Crippen molar-refractivity contribution in [3.63, 3.8) is 0 Å². The number of carbonyl (C=O) groups is 3. The quantitative estimate of drug-likeness (QED) is 0.589. The molecule has 0 saturated carbocycles. The molecule has 2 amide bonds. The van der Waals surface area contributed by atoms with Crippen LogP contribution in [0.25, 0.3) is 10.9 Å². The van der Waals surface area contributed by atoms with Gasteiger partial charge in [0.1, 0.15) is 6.04 Å². The van der Waals surface area contributed by atoms with Crippen LogP contribution in [0.15, 0.2) is 54.7 Å². The Hall–Kier alpha value is -3.65. The molecule has 1 aliphatic heterocycles. The van der Waals surface area contributed by atoms with E-state index >= 15 is 0 Å². The number of amides is 2. The molecule has 0 unspecified atom stereocenters. The number of anilines is 1. The molecule has 2 aromatic carbocycles. The molecule has 1 aromatic heterocycles. The van der Waals surface area contributed by atoms with Crippen LogP contribution in [0.3, 0.4) is 0 Å². The van der Waals surface area contributed by atoms with Crippen LogP contribution >= 0.6 is 0 Å². The van der Waals surface area contributed by atoms with Gasteiger partial charge in [-0.1, -0.05) is 24.3 Å². The predicted octanol–water partition coefficient (Wildman–Crippen LogP) is 2.71. The maximum atomic E-state index is 12.4. The molecule has 31 heavy (non-hydrogen) atoms. The van der Waals surface area contributed by atoms with E-state index in [1.54, 1.807) is 47.5 Å². The van der Waals surface area contributed by atoms with E-state index in [0.717, 1.165) is 10.9 Å². The number of aromatic amines is 1. The van der Waals surface area contributed by atoms with Crippen LogP contribution in [0.1, 0.15) is 28.9 Å². The SMILES string of the molecule is CC(=O)N1CCN([C@@H](C(=O)O)c2c[nH]c3cc(NC(=O)c4ccccc4)ccc23)CC1. The van der Waals surface area contributed by atoms with Crippen molar-refractivity contribution in [1.29, 1.82) is 0 Å². The van der Waals surface area contributed by atoms with Gasteiger partial charge in [0.2, 0.25) is 5.91 Å². The van der Waals surface area contributed by atoms with Crippen molar-refractivity contribution >= 4 is 34.4 Å². The number of aliphatic carboxylic acids is 1. The molecule has 0 spiro atoms. The standard InChI is InChI=1S/C23H24N4O4/c1-15(28)26-9-11-27(12-10-26)21(23(30)31)19-14-24-20-13-17(7-8-18(19)20)25-22(29)16-5-3-2-4-6-16/h2-8,13-14,21,24H,9-12H2,1H3,(H,25,29)(H,30,31)/t21-/m1/s1. The average Bonchev–Trinajstić information content (AvgIpc) is 3.17. The second-order valence-electron chi connectivity index (χ2n) is 7.61. The van der Waals surface area contributed by atoms with Gasteiger partial charge >= 0.3 is 5.97 Å². The van der Waals surface area contributed by atoms with Gasteiger partial charge in [-0.2, -0.15) is 0 Å². The Morgan fingerprint density at radius 3 is 2.39 bits per heavy atom. The van der Waals surface area contributed by atoms with Gasteiger partial charge in [-0.25, -0.2) is 0 Å². The minimum atomic E-state index is -0.932. The fourth-order valence-electron chi connectivity index (χ4n) is 4.03. The largest absolute Gasteiger partial charge is 0.480 e. The summed E-state index contributed by atoms with van der Waals surface area (Å²) in [6, 6.07) is 13.5. The second-order valence-corrected chi connectivity index (χ2v) is 7.61. The monoisotopic (exact) mass is 420 g/mol. The van der Waals surface area contributed by atoms with E-state index in [2.05, 4.69) is 10.3 Å². The number of carboxylic acids is 1. The minimum absolute atomic E-state index is 0.00342. The summed E-state index contributed by atoms with van der Waals surface area (Å²) >= 11 is 0. The smallest absolute Gasteiger partial charge is 0.325 e. The molecule has 3 N–H and O–H groups in total. The number of fused-ring (bicyclic) bond motifs is 1. The number of rotatable bonds is 5. The van der Waals surface area contributed by atoms with Crippen molar-refractivity contribution in [1.82, 2.24) is 14.8 Å². The first-order valence-electron chi connectivity index (χ1n) is 10.1. The summed E-state index contributed by atoms with van der Waals surface area (Å²) in [5.74, 6) is -1.14. The lowest BCUT2D eigenvalue weighted by Gasteiger charge is -2.37. The Balaban J connectivity index is 1.56. The van der Waals surface area contributed by atoms with Gasteiger partial charge in [-0.3, -0.25) is 19.3 Å².